The van der Waals surface area contributed by atoms with Crippen LogP contribution in [0, 0.1) is 0 Å². The molecule has 1 aromatic carbocycles. The van der Waals surface area contributed by atoms with Crippen molar-refractivity contribution in [2.75, 3.05) is 19.1 Å². The molecule has 3 rings (SSSR count). The summed E-state index contributed by atoms with van der Waals surface area (Å²) in [5, 5.41) is 4.65. The Hall–Kier alpha value is -2.10. The molecular weight excluding hydrogens is 348 g/mol. The highest BCUT2D eigenvalue weighted by molar-refractivity contribution is 7.99. The summed E-state index contributed by atoms with van der Waals surface area (Å²) in [4.78, 5) is 4.64. The molecule has 0 bridgehead atoms. The van der Waals surface area contributed by atoms with E-state index in [1.54, 1.807) is 42.7 Å². The summed E-state index contributed by atoms with van der Waals surface area (Å²) in [6.07, 6.45) is 1.76. The number of hydrogen-bond donors (Lipinski definition) is 1. The number of nitrogens with two attached hydrogens (primary N) is 1. The molecule has 0 atom stereocenters. The summed E-state index contributed by atoms with van der Waals surface area (Å²) < 4.78 is 32.6. The number of sulfone groups is 1. The molecule has 0 aliphatic carbocycles. The fourth-order valence-corrected chi connectivity index (χ4v) is 4.78. The van der Waals surface area contributed by atoms with Gasteiger partial charge in [0.05, 0.1) is 17.2 Å². The SMILES string of the molecule is COCc1cc(N)n2nc(SC)c(S(=O)(=O)c3ccccc3)c2n1. The van der Waals surface area contributed by atoms with Crippen LogP contribution in [0.1, 0.15) is 5.69 Å². The molecule has 0 spiro atoms. The third kappa shape index (κ3) is 2.74. The molecule has 2 aromatic heterocycles. The van der Waals surface area contributed by atoms with E-state index in [4.69, 9.17) is 10.5 Å². The highest BCUT2D eigenvalue weighted by Crippen LogP contribution is 2.33. The second-order valence-electron chi connectivity index (χ2n) is 5.00. The Balaban J connectivity index is 2.34. The van der Waals surface area contributed by atoms with Gasteiger partial charge in [-0.25, -0.2) is 13.4 Å². The van der Waals surface area contributed by atoms with Gasteiger partial charge in [0.15, 0.2) is 10.5 Å². The zero-order chi connectivity index (χ0) is 17.3. The van der Waals surface area contributed by atoms with Gasteiger partial charge in [0.1, 0.15) is 10.8 Å². The Kier molecular flexibility index (Phi) is 4.48. The minimum Gasteiger partial charge on any atom is -0.384 e. The lowest BCUT2D eigenvalue weighted by Crippen LogP contribution is -2.07. The van der Waals surface area contributed by atoms with Crippen LogP contribution in [0.5, 0.6) is 0 Å². The van der Waals surface area contributed by atoms with E-state index in [-0.39, 0.29) is 22.0 Å². The Morgan fingerprint density at radius 1 is 1.29 bits per heavy atom. The van der Waals surface area contributed by atoms with Gasteiger partial charge in [-0.1, -0.05) is 18.2 Å². The molecule has 0 radical (unpaired) electrons. The van der Waals surface area contributed by atoms with Crippen molar-refractivity contribution in [3.8, 4) is 0 Å². The van der Waals surface area contributed by atoms with Crippen LogP contribution >= 0.6 is 11.8 Å². The van der Waals surface area contributed by atoms with Crippen molar-refractivity contribution in [1.82, 2.24) is 14.6 Å². The maximum absolute atomic E-state index is 13.1. The number of rotatable bonds is 5. The average molecular weight is 364 g/mol. The van der Waals surface area contributed by atoms with E-state index in [9.17, 15) is 8.42 Å². The van der Waals surface area contributed by atoms with Crippen LogP contribution in [-0.4, -0.2) is 36.4 Å². The van der Waals surface area contributed by atoms with Crippen molar-refractivity contribution in [2.24, 2.45) is 0 Å². The average Bonchev–Trinajstić information content (AvgIpc) is 2.96. The Morgan fingerprint density at radius 2 is 2.00 bits per heavy atom. The number of methoxy groups -OCH3 is 1. The molecule has 0 aliphatic rings. The van der Waals surface area contributed by atoms with Crippen molar-refractivity contribution in [3.63, 3.8) is 0 Å². The maximum Gasteiger partial charge on any atom is 0.213 e. The number of anilines is 1. The highest BCUT2D eigenvalue weighted by atomic mass is 32.2. The van der Waals surface area contributed by atoms with E-state index >= 15 is 0 Å². The van der Waals surface area contributed by atoms with Crippen molar-refractivity contribution in [1.29, 1.82) is 0 Å². The maximum atomic E-state index is 13.1. The lowest BCUT2D eigenvalue weighted by molar-refractivity contribution is 0.181. The van der Waals surface area contributed by atoms with Gasteiger partial charge >= 0.3 is 0 Å². The van der Waals surface area contributed by atoms with Crippen LogP contribution in [0.4, 0.5) is 5.82 Å². The van der Waals surface area contributed by atoms with Crippen LogP contribution in [0.2, 0.25) is 0 Å². The number of aromatic nitrogens is 3. The number of hydrogen-bond acceptors (Lipinski definition) is 7. The van der Waals surface area contributed by atoms with Gasteiger partial charge < -0.3 is 10.5 Å². The van der Waals surface area contributed by atoms with E-state index < -0.39 is 9.84 Å². The standard InChI is InChI=1S/C15H16N4O3S2/c1-22-9-10-8-12(16)19-14(17-10)13(15(18-19)23-2)24(20,21)11-6-4-3-5-7-11/h3-8H,9,16H2,1-2H3. The quantitative estimate of drug-likeness (QED) is 0.691. The van der Waals surface area contributed by atoms with Crippen LogP contribution in [0.15, 0.2) is 51.2 Å². The second kappa shape index (κ2) is 6.42. The number of ether oxygens (including phenoxy) is 1. The molecule has 0 unspecified atom stereocenters. The third-order valence-corrected chi connectivity index (χ3v) is 6.01. The number of nitrogens with zero attached hydrogens (tertiary/aromatic N) is 3. The first-order chi connectivity index (χ1) is 11.5. The molecule has 0 aliphatic heterocycles. The Bertz CT molecular complexity index is 985. The topological polar surface area (TPSA) is 99.6 Å². The minimum atomic E-state index is -3.78. The van der Waals surface area contributed by atoms with Gasteiger partial charge in [0.2, 0.25) is 9.84 Å². The molecule has 7 nitrogen and oxygen atoms in total. The molecule has 2 heterocycles. The zero-order valence-electron chi connectivity index (χ0n) is 13.1. The lowest BCUT2D eigenvalue weighted by Gasteiger charge is -2.06. The number of benzene rings is 1. The summed E-state index contributed by atoms with van der Waals surface area (Å²) in [6.45, 7) is 0.227. The van der Waals surface area contributed by atoms with Gasteiger partial charge in [0.25, 0.3) is 0 Å². The van der Waals surface area contributed by atoms with E-state index in [1.165, 1.54) is 23.4 Å². The monoisotopic (exact) mass is 364 g/mol. The summed E-state index contributed by atoms with van der Waals surface area (Å²) in [5.41, 5.74) is 6.75. The molecule has 3 aromatic rings. The predicted molar refractivity (Wildman–Crippen MR) is 91.8 cm³/mol. The first kappa shape index (κ1) is 16.7. The fourth-order valence-electron chi connectivity index (χ4n) is 2.36. The summed E-state index contributed by atoms with van der Waals surface area (Å²) in [7, 11) is -2.24. The third-order valence-electron chi connectivity index (χ3n) is 3.41. The van der Waals surface area contributed by atoms with E-state index in [0.29, 0.717) is 16.5 Å². The van der Waals surface area contributed by atoms with Crippen molar-refractivity contribution in [3.05, 3.63) is 42.1 Å². The zero-order valence-corrected chi connectivity index (χ0v) is 14.8. The van der Waals surface area contributed by atoms with Gasteiger partial charge in [-0.2, -0.15) is 9.61 Å². The van der Waals surface area contributed by atoms with E-state index in [0.717, 1.165) is 0 Å². The highest BCUT2D eigenvalue weighted by Gasteiger charge is 2.29. The minimum absolute atomic E-state index is 0.0610. The van der Waals surface area contributed by atoms with Gasteiger partial charge in [-0.3, -0.25) is 0 Å². The summed E-state index contributed by atoms with van der Waals surface area (Å²) in [5.74, 6) is 0.303. The summed E-state index contributed by atoms with van der Waals surface area (Å²) in [6, 6.07) is 9.83. The predicted octanol–water partition coefficient (Wildman–Crippen LogP) is 2.01. The molecule has 0 amide bonds. The van der Waals surface area contributed by atoms with E-state index in [1.807, 2.05) is 0 Å². The largest absolute Gasteiger partial charge is 0.384 e. The molecule has 0 saturated heterocycles. The molecule has 2 N–H and O–H groups in total. The smallest absolute Gasteiger partial charge is 0.213 e. The Morgan fingerprint density at radius 3 is 2.62 bits per heavy atom. The van der Waals surface area contributed by atoms with Crippen molar-refractivity contribution in [2.45, 2.75) is 21.4 Å². The van der Waals surface area contributed by atoms with Gasteiger partial charge in [-0.05, 0) is 18.4 Å². The first-order valence-corrected chi connectivity index (χ1v) is 9.71. The fraction of sp³-hybridized carbons (Fsp3) is 0.200. The number of fused-ring (bicyclic) bond motifs is 1. The molecule has 24 heavy (non-hydrogen) atoms. The first-order valence-electron chi connectivity index (χ1n) is 7.00. The molecule has 0 fully saturated rings. The number of thioether (sulfide) groups is 1. The molecular formula is C15H16N4O3S2. The second-order valence-corrected chi connectivity index (χ2v) is 7.68. The van der Waals surface area contributed by atoms with Crippen LogP contribution in [-0.2, 0) is 21.2 Å². The van der Waals surface area contributed by atoms with Gasteiger partial charge in [-0.15, -0.1) is 11.8 Å². The van der Waals surface area contributed by atoms with Gasteiger partial charge in [0, 0.05) is 13.2 Å². The normalized spacial score (nSPS) is 11.9. The van der Waals surface area contributed by atoms with Crippen molar-refractivity contribution < 1.29 is 13.2 Å². The van der Waals surface area contributed by atoms with Crippen molar-refractivity contribution >= 4 is 33.1 Å². The van der Waals surface area contributed by atoms with Crippen LogP contribution in [0.25, 0.3) is 5.65 Å². The Labute approximate surface area is 143 Å². The molecule has 126 valence electrons. The number of nitrogen functional groups attached to an aromatic ring is 1. The molecule has 9 heteroatoms. The lowest BCUT2D eigenvalue weighted by atomic mass is 10.4. The van der Waals surface area contributed by atoms with Crippen LogP contribution in [0.3, 0.4) is 0 Å². The van der Waals surface area contributed by atoms with E-state index in [2.05, 4.69) is 10.1 Å². The van der Waals surface area contributed by atoms with Crippen LogP contribution < -0.4 is 5.73 Å². The molecule has 0 saturated carbocycles. The summed E-state index contributed by atoms with van der Waals surface area (Å²) >= 11 is 1.23.